The zero-order chi connectivity index (χ0) is 25.8. The van der Waals surface area contributed by atoms with Gasteiger partial charge in [0.2, 0.25) is 11.8 Å². The quantitative estimate of drug-likeness (QED) is 0.273. The summed E-state index contributed by atoms with van der Waals surface area (Å²) in [4.78, 5) is 41.5. The minimum atomic E-state index is -0.609. The summed E-state index contributed by atoms with van der Waals surface area (Å²) in [5.41, 5.74) is 2.04. The summed E-state index contributed by atoms with van der Waals surface area (Å²) < 4.78 is 24.1. The number of rotatable bonds is 9. The van der Waals surface area contributed by atoms with E-state index < -0.39 is 11.9 Å². The number of imidazole rings is 1. The first-order chi connectivity index (χ1) is 18.1. The largest absolute Gasteiger partial charge is 0.471 e. The normalized spacial score (nSPS) is 11.0. The van der Waals surface area contributed by atoms with Gasteiger partial charge in [0, 0.05) is 6.20 Å². The van der Waals surface area contributed by atoms with Gasteiger partial charge >= 0.3 is 11.9 Å². The van der Waals surface area contributed by atoms with E-state index in [0.29, 0.717) is 11.2 Å². The Hall–Kier alpha value is -5.07. The Morgan fingerprint density at radius 1 is 1.08 bits per heavy atom. The molecule has 0 bridgehead atoms. The van der Waals surface area contributed by atoms with Gasteiger partial charge in [-0.25, -0.2) is 24.2 Å². The van der Waals surface area contributed by atoms with Gasteiger partial charge in [-0.15, -0.1) is 0 Å². The van der Waals surface area contributed by atoms with Gasteiger partial charge in [-0.1, -0.05) is 30.3 Å². The van der Waals surface area contributed by atoms with Crippen LogP contribution in [0.25, 0.3) is 17.1 Å². The van der Waals surface area contributed by atoms with Crippen molar-refractivity contribution in [3.05, 3.63) is 78.0 Å². The predicted molar refractivity (Wildman–Crippen MR) is 126 cm³/mol. The lowest BCUT2D eigenvalue weighted by atomic mass is 10.2. The maximum Gasteiger partial charge on any atom is 0.360 e. The number of hydrogen-bond acceptors (Lipinski definition) is 11. The summed E-state index contributed by atoms with van der Waals surface area (Å²) in [5.74, 6) is -0.502. The van der Waals surface area contributed by atoms with Crippen molar-refractivity contribution in [1.29, 1.82) is 0 Å². The number of nitrogens with zero attached hydrogens (tertiary/aromatic N) is 7. The highest BCUT2D eigenvalue weighted by molar-refractivity contribution is 5.89. The van der Waals surface area contributed by atoms with Crippen LogP contribution in [0.2, 0.25) is 0 Å². The third-order valence-electron chi connectivity index (χ3n) is 5.19. The van der Waals surface area contributed by atoms with Crippen LogP contribution in [0.5, 0.6) is 5.88 Å². The van der Waals surface area contributed by atoms with Gasteiger partial charge in [0.15, 0.2) is 16.9 Å². The minimum Gasteiger partial charge on any atom is -0.471 e. The van der Waals surface area contributed by atoms with Crippen molar-refractivity contribution >= 4 is 23.1 Å². The molecule has 0 saturated carbocycles. The van der Waals surface area contributed by atoms with Gasteiger partial charge in [0.05, 0.1) is 31.8 Å². The van der Waals surface area contributed by atoms with Gasteiger partial charge in [-0.2, -0.15) is 15.1 Å². The number of benzene rings is 1. The molecule has 5 rings (SSSR count). The van der Waals surface area contributed by atoms with Crippen LogP contribution in [0.1, 0.15) is 39.2 Å². The highest BCUT2D eigenvalue weighted by Gasteiger charge is 2.20. The number of methoxy groups -OCH3 is 1. The summed E-state index contributed by atoms with van der Waals surface area (Å²) in [7, 11) is 1.26. The van der Waals surface area contributed by atoms with E-state index >= 15 is 0 Å². The fourth-order valence-electron chi connectivity index (χ4n) is 3.43. The lowest BCUT2D eigenvalue weighted by Crippen LogP contribution is -2.08. The number of esters is 2. The first kappa shape index (κ1) is 23.7. The molecule has 0 saturated heterocycles. The fraction of sp³-hybridized carbons (Fsp3) is 0.208. The van der Waals surface area contributed by atoms with Crippen molar-refractivity contribution in [3.8, 4) is 11.8 Å². The average molecular weight is 503 g/mol. The highest BCUT2D eigenvalue weighted by atomic mass is 16.5. The molecule has 5 aromatic rings. The van der Waals surface area contributed by atoms with Gasteiger partial charge < -0.3 is 23.2 Å². The molecule has 0 atom stereocenters. The Kier molecular flexibility index (Phi) is 6.57. The molecule has 0 amide bonds. The molecule has 0 radical (unpaired) electrons. The molecular formula is C24H21N7O6. The molecule has 0 aliphatic heterocycles. The molecule has 1 aromatic carbocycles. The van der Waals surface area contributed by atoms with Crippen LogP contribution in [0.4, 0.5) is 0 Å². The second-order valence-electron chi connectivity index (χ2n) is 7.66. The maximum absolute atomic E-state index is 12.1. The molecule has 0 aliphatic rings. The molecule has 188 valence electrons. The highest BCUT2D eigenvalue weighted by Crippen LogP contribution is 2.24. The molecule has 0 unspecified atom stereocenters. The zero-order valence-corrected chi connectivity index (χ0v) is 19.9. The first-order valence-electron chi connectivity index (χ1n) is 11.2. The van der Waals surface area contributed by atoms with Crippen molar-refractivity contribution in [2.75, 3.05) is 13.7 Å². The zero-order valence-electron chi connectivity index (χ0n) is 19.9. The van der Waals surface area contributed by atoms with E-state index in [4.69, 9.17) is 13.9 Å². The Morgan fingerprint density at radius 2 is 1.92 bits per heavy atom. The summed E-state index contributed by atoms with van der Waals surface area (Å²) >= 11 is 0. The van der Waals surface area contributed by atoms with Gasteiger partial charge in [0.1, 0.15) is 19.4 Å². The topological polar surface area (TPSA) is 149 Å². The Bertz CT molecular complexity index is 1560. The molecule has 4 heterocycles. The molecule has 4 aromatic heterocycles. The smallest absolute Gasteiger partial charge is 0.360 e. The summed E-state index contributed by atoms with van der Waals surface area (Å²) in [6, 6.07) is 9.60. The number of carbonyl (C=O) groups is 2. The van der Waals surface area contributed by atoms with Crippen LogP contribution >= 0.6 is 0 Å². The van der Waals surface area contributed by atoms with Crippen molar-refractivity contribution < 1.29 is 28.2 Å². The van der Waals surface area contributed by atoms with E-state index in [1.54, 1.807) is 11.5 Å². The third kappa shape index (κ3) is 5.00. The standard InChI is InChI=1S/C24H21N7O6/c1-3-35-22(32)16-9-26-31(10-16)24-28-20-19(21(29-24)37-12-15-7-5-4-6-8-15)25-14-30(20)11-18-27-17(13-36-18)23(33)34-2/h4-10,13-14H,3,11-12H2,1-2H3. The lowest BCUT2D eigenvalue weighted by Gasteiger charge is -2.09. The maximum atomic E-state index is 12.1. The molecule has 13 heteroatoms. The van der Waals surface area contributed by atoms with Crippen LogP contribution < -0.4 is 4.74 Å². The van der Waals surface area contributed by atoms with Gasteiger partial charge in [-0.3, -0.25) is 0 Å². The molecule has 0 spiro atoms. The second-order valence-corrected chi connectivity index (χ2v) is 7.66. The number of ether oxygens (including phenoxy) is 3. The Labute approximate surface area is 209 Å². The van der Waals surface area contributed by atoms with Crippen LogP contribution in [0, 0.1) is 0 Å². The summed E-state index contributed by atoms with van der Waals surface area (Å²) in [6.45, 7) is 2.32. The second kappa shape index (κ2) is 10.3. The molecule has 0 N–H and O–H groups in total. The van der Waals surface area contributed by atoms with E-state index in [1.165, 1.54) is 36.8 Å². The van der Waals surface area contributed by atoms with E-state index in [-0.39, 0.29) is 48.7 Å². The SMILES string of the molecule is CCOC(=O)c1cnn(-c2nc(OCc3ccccc3)c3ncn(Cc4nc(C(=O)OC)co4)c3n2)c1. The number of hydrogen-bond donors (Lipinski definition) is 0. The fourth-order valence-corrected chi connectivity index (χ4v) is 3.43. The monoisotopic (exact) mass is 503 g/mol. The summed E-state index contributed by atoms with van der Waals surface area (Å²) in [6.07, 6.45) is 5.59. The molecule has 37 heavy (non-hydrogen) atoms. The van der Waals surface area contributed by atoms with Gasteiger partial charge in [0.25, 0.3) is 5.95 Å². The number of fused-ring (bicyclic) bond motifs is 1. The van der Waals surface area contributed by atoms with Crippen LogP contribution in [-0.2, 0) is 22.6 Å². The van der Waals surface area contributed by atoms with E-state index in [0.717, 1.165) is 5.56 Å². The molecule has 13 nitrogen and oxygen atoms in total. The number of carbonyl (C=O) groups excluding carboxylic acids is 2. The number of aromatic nitrogens is 7. The third-order valence-corrected chi connectivity index (χ3v) is 5.19. The van der Waals surface area contributed by atoms with Crippen molar-refractivity contribution in [1.82, 2.24) is 34.3 Å². The van der Waals surface area contributed by atoms with E-state index in [1.807, 2.05) is 30.3 Å². The van der Waals surface area contributed by atoms with Crippen molar-refractivity contribution in [2.24, 2.45) is 0 Å². The van der Waals surface area contributed by atoms with Crippen LogP contribution in [0.3, 0.4) is 0 Å². The lowest BCUT2D eigenvalue weighted by molar-refractivity contribution is 0.0525. The van der Waals surface area contributed by atoms with Gasteiger partial charge in [-0.05, 0) is 12.5 Å². The predicted octanol–water partition coefficient (Wildman–Crippen LogP) is 2.59. The number of oxazole rings is 1. The first-order valence-corrected chi connectivity index (χ1v) is 11.2. The van der Waals surface area contributed by atoms with Crippen molar-refractivity contribution in [2.45, 2.75) is 20.1 Å². The van der Waals surface area contributed by atoms with E-state index in [9.17, 15) is 9.59 Å². The van der Waals surface area contributed by atoms with Crippen LogP contribution in [-0.4, -0.2) is 59.9 Å². The molecule has 0 aliphatic carbocycles. The molecular weight excluding hydrogens is 482 g/mol. The van der Waals surface area contributed by atoms with E-state index in [2.05, 4.69) is 29.8 Å². The average Bonchev–Trinajstić information content (AvgIpc) is 3.68. The Balaban J connectivity index is 1.52. The summed E-state index contributed by atoms with van der Waals surface area (Å²) in [5, 5.41) is 4.21. The minimum absolute atomic E-state index is 0.0483. The molecule has 0 fully saturated rings. The van der Waals surface area contributed by atoms with Crippen LogP contribution in [0.15, 0.2) is 59.7 Å². The van der Waals surface area contributed by atoms with Crippen molar-refractivity contribution in [3.63, 3.8) is 0 Å². The Morgan fingerprint density at radius 3 is 2.70 bits per heavy atom.